The minimum Gasteiger partial charge on any atom is -0.466 e. The van der Waals surface area contributed by atoms with E-state index in [2.05, 4.69) is 11.4 Å². The first-order valence-electron chi connectivity index (χ1n) is 8.40. The van der Waals surface area contributed by atoms with Crippen LogP contribution in [0.2, 0.25) is 0 Å². The van der Waals surface area contributed by atoms with Crippen LogP contribution in [0.25, 0.3) is 0 Å². The van der Waals surface area contributed by atoms with E-state index in [1.54, 1.807) is 55.5 Å². The maximum Gasteiger partial charge on any atom is 0.337 e. The van der Waals surface area contributed by atoms with E-state index < -0.39 is 18.0 Å². The Hall–Kier alpha value is -4.10. The molecule has 0 spiro atoms. The maximum absolute atomic E-state index is 12.9. The highest BCUT2D eigenvalue weighted by atomic mass is 16.5. The third-order valence-electron chi connectivity index (χ3n) is 4.49. The van der Waals surface area contributed by atoms with E-state index in [1.807, 2.05) is 6.07 Å². The molecule has 0 radical (unpaired) electrons. The van der Waals surface area contributed by atoms with Crippen molar-refractivity contribution in [1.82, 2.24) is 5.32 Å². The Balaban J connectivity index is 2.13. The number of nitriles is 2. The smallest absolute Gasteiger partial charge is 0.337 e. The topological polar surface area (TPSA) is 106 Å². The van der Waals surface area contributed by atoms with Crippen molar-refractivity contribution in [1.29, 1.82) is 10.5 Å². The van der Waals surface area contributed by atoms with Gasteiger partial charge in [-0.1, -0.05) is 12.1 Å². The molecule has 1 N–H and O–H groups in total. The van der Waals surface area contributed by atoms with Gasteiger partial charge in [-0.2, -0.15) is 10.5 Å². The molecule has 2 amide bonds. The molecule has 7 heteroatoms. The van der Waals surface area contributed by atoms with Crippen LogP contribution >= 0.6 is 0 Å². The van der Waals surface area contributed by atoms with Crippen molar-refractivity contribution in [3.05, 3.63) is 76.5 Å². The fourth-order valence-corrected chi connectivity index (χ4v) is 3.15. The number of allylic oxidation sites excluding steroid dienone is 1. The van der Waals surface area contributed by atoms with E-state index in [0.29, 0.717) is 28.1 Å². The van der Waals surface area contributed by atoms with Gasteiger partial charge in [0.15, 0.2) is 0 Å². The zero-order valence-corrected chi connectivity index (χ0v) is 15.3. The number of urea groups is 1. The summed E-state index contributed by atoms with van der Waals surface area (Å²) in [7, 11) is 1.27. The highest BCUT2D eigenvalue weighted by Gasteiger charge is 2.37. The zero-order chi connectivity index (χ0) is 20.3. The largest absolute Gasteiger partial charge is 0.466 e. The molecule has 2 aromatic rings. The van der Waals surface area contributed by atoms with Crippen LogP contribution in [0.3, 0.4) is 0 Å². The zero-order valence-electron chi connectivity index (χ0n) is 15.3. The molecule has 28 heavy (non-hydrogen) atoms. The predicted octanol–water partition coefficient (Wildman–Crippen LogP) is 3.15. The van der Waals surface area contributed by atoms with Gasteiger partial charge in [-0.25, -0.2) is 9.59 Å². The van der Waals surface area contributed by atoms with Crippen LogP contribution in [-0.4, -0.2) is 19.1 Å². The van der Waals surface area contributed by atoms with Crippen LogP contribution < -0.4 is 10.2 Å². The number of hydrogen-bond acceptors (Lipinski definition) is 5. The van der Waals surface area contributed by atoms with Crippen LogP contribution in [0, 0.1) is 22.7 Å². The Kier molecular flexibility index (Phi) is 5.10. The highest BCUT2D eigenvalue weighted by molar-refractivity contribution is 6.03. The number of nitrogens with one attached hydrogen (secondary N) is 1. The SMILES string of the molecule is COC(=O)C1=C(C)N(c2ccc(C#N)cc2)C(=O)N[C@@H]1c1cccc(C#N)c1. The number of esters is 1. The van der Waals surface area contributed by atoms with Crippen molar-refractivity contribution in [2.24, 2.45) is 0 Å². The van der Waals surface area contributed by atoms with Crippen LogP contribution in [0.15, 0.2) is 59.8 Å². The molecule has 0 fully saturated rings. The van der Waals surface area contributed by atoms with Crippen LogP contribution in [0.5, 0.6) is 0 Å². The Morgan fingerprint density at radius 1 is 1.11 bits per heavy atom. The number of benzene rings is 2. The molecule has 1 heterocycles. The third-order valence-corrected chi connectivity index (χ3v) is 4.49. The lowest BCUT2D eigenvalue weighted by molar-refractivity contribution is -0.136. The highest BCUT2D eigenvalue weighted by Crippen LogP contribution is 2.34. The summed E-state index contributed by atoms with van der Waals surface area (Å²) in [6.45, 7) is 1.66. The van der Waals surface area contributed by atoms with Crippen LogP contribution in [0.4, 0.5) is 10.5 Å². The monoisotopic (exact) mass is 372 g/mol. The normalized spacial score (nSPS) is 16.1. The number of rotatable bonds is 3. The molecule has 0 bridgehead atoms. The quantitative estimate of drug-likeness (QED) is 0.833. The number of carbonyl (C=O) groups is 2. The van der Waals surface area contributed by atoms with Crippen LogP contribution in [0.1, 0.15) is 29.7 Å². The molecule has 1 atom stereocenters. The molecule has 138 valence electrons. The average molecular weight is 372 g/mol. The molecular formula is C21H16N4O3. The summed E-state index contributed by atoms with van der Waals surface area (Å²) in [6.07, 6.45) is 0. The van der Waals surface area contributed by atoms with E-state index in [1.165, 1.54) is 12.0 Å². The maximum atomic E-state index is 12.9. The number of nitrogens with zero attached hydrogens (tertiary/aromatic N) is 3. The molecule has 0 aliphatic carbocycles. The fourth-order valence-electron chi connectivity index (χ4n) is 3.15. The van der Waals surface area contributed by atoms with Gasteiger partial charge in [0.05, 0.1) is 47.7 Å². The van der Waals surface area contributed by atoms with E-state index in [-0.39, 0.29) is 5.57 Å². The van der Waals surface area contributed by atoms with Gasteiger partial charge in [0.2, 0.25) is 0 Å². The second kappa shape index (κ2) is 7.65. The van der Waals surface area contributed by atoms with Gasteiger partial charge in [0, 0.05) is 5.70 Å². The first-order valence-corrected chi connectivity index (χ1v) is 8.40. The lowest BCUT2D eigenvalue weighted by Crippen LogP contribution is -2.48. The Morgan fingerprint density at radius 2 is 1.79 bits per heavy atom. The summed E-state index contributed by atoms with van der Waals surface area (Å²) >= 11 is 0. The molecule has 1 aliphatic heterocycles. The summed E-state index contributed by atoms with van der Waals surface area (Å²) in [6, 6.07) is 16.0. The summed E-state index contributed by atoms with van der Waals surface area (Å²) < 4.78 is 4.94. The van der Waals surface area contributed by atoms with Crippen molar-refractivity contribution in [2.75, 3.05) is 12.0 Å². The second-order valence-corrected chi connectivity index (χ2v) is 6.10. The minimum absolute atomic E-state index is 0.265. The number of methoxy groups -OCH3 is 1. The summed E-state index contributed by atoms with van der Waals surface area (Å²) in [5.41, 5.74) is 2.67. The van der Waals surface area contributed by atoms with Gasteiger partial charge in [-0.3, -0.25) is 4.90 Å². The Morgan fingerprint density at radius 3 is 2.39 bits per heavy atom. The first-order chi connectivity index (χ1) is 13.5. The second-order valence-electron chi connectivity index (χ2n) is 6.10. The van der Waals surface area contributed by atoms with E-state index in [0.717, 1.165) is 0 Å². The molecule has 0 saturated heterocycles. The fraction of sp³-hybridized carbons (Fsp3) is 0.143. The lowest BCUT2D eigenvalue weighted by atomic mass is 9.93. The summed E-state index contributed by atoms with van der Waals surface area (Å²) in [4.78, 5) is 26.7. The van der Waals surface area contributed by atoms with E-state index >= 15 is 0 Å². The number of anilines is 1. The van der Waals surface area contributed by atoms with E-state index in [4.69, 9.17) is 15.3 Å². The first kappa shape index (κ1) is 18.7. The van der Waals surface area contributed by atoms with Crippen molar-refractivity contribution in [3.8, 4) is 12.1 Å². The van der Waals surface area contributed by atoms with Gasteiger partial charge in [0.25, 0.3) is 0 Å². The van der Waals surface area contributed by atoms with Gasteiger partial charge in [-0.05, 0) is 48.9 Å². The molecule has 1 aliphatic rings. The summed E-state index contributed by atoms with van der Waals surface area (Å²) in [5.74, 6) is -0.580. The van der Waals surface area contributed by atoms with Gasteiger partial charge >= 0.3 is 12.0 Å². The summed E-state index contributed by atoms with van der Waals surface area (Å²) in [5, 5.41) is 20.9. The van der Waals surface area contributed by atoms with E-state index in [9.17, 15) is 9.59 Å². The van der Waals surface area contributed by atoms with Crippen molar-refractivity contribution >= 4 is 17.7 Å². The van der Waals surface area contributed by atoms with Gasteiger partial charge < -0.3 is 10.1 Å². The number of ether oxygens (including phenoxy) is 1. The lowest BCUT2D eigenvalue weighted by Gasteiger charge is -2.35. The van der Waals surface area contributed by atoms with Gasteiger partial charge in [-0.15, -0.1) is 0 Å². The standard InChI is InChI=1S/C21H16N4O3/c1-13-18(20(26)28-2)19(16-5-3-4-15(10-16)12-23)24-21(27)25(13)17-8-6-14(11-22)7-9-17/h3-10,19H,1-2H3,(H,24,27)/t19-/m1/s1. The number of amides is 2. The average Bonchev–Trinajstić information content (AvgIpc) is 2.73. The Bertz CT molecular complexity index is 1060. The molecule has 0 saturated carbocycles. The minimum atomic E-state index is -0.747. The predicted molar refractivity (Wildman–Crippen MR) is 101 cm³/mol. The van der Waals surface area contributed by atoms with Crippen molar-refractivity contribution in [3.63, 3.8) is 0 Å². The third kappa shape index (κ3) is 3.29. The molecule has 0 aromatic heterocycles. The van der Waals surface area contributed by atoms with Crippen molar-refractivity contribution < 1.29 is 14.3 Å². The molecule has 7 nitrogen and oxygen atoms in total. The van der Waals surface area contributed by atoms with Crippen LogP contribution in [-0.2, 0) is 9.53 Å². The van der Waals surface area contributed by atoms with Gasteiger partial charge in [0.1, 0.15) is 0 Å². The van der Waals surface area contributed by atoms with Crippen molar-refractivity contribution in [2.45, 2.75) is 13.0 Å². The Labute approximate surface area is 162 Å². The molecule has 3 rings (SSSR count). The molecule has 2 aromatic carbocycles. The molecular weight excluding hydrogens is 356 g/mol. The number of carbonyl (C=O) groups excluding carboxylic acids is 2. The number of hydrogen-bond donors (Lipinski definition) is 1. The molecule has 0 unspecified atom stereocenters.